The molecule has 1 heterocycles. The molecule has 0 bridgehead atoms. The highest BCUT2D eigenvalue weighted by atomic mass is 16.5. The van der Waals surface area contributed by atoms with Crippen molar-refractivity contribution >= 4 is 23.5 Å². The van der Waals surface area contributed by atoms with Gasteiger partial charge in [0.1, 0.15) is 6.10 Å². The number of rotatable bonds is 3. The molecule has 0 saturated heterocycles. The van der Waals surface area contributed by atoms with Crippen LogP contribution in [0.5, 0.6) is 5.88 Å². The lowest BCUT2D eigenvalue weighted by Crippen LogP contribution is -2.29. The maximum Gasteiger partial charge on any atom is 0.488 e. The summed E-state index contributed by atoms with van der Waals surface area (Å²) < 4.78 is 5.93. The van der Waals surface area contributed by atoms with Gasteiger partial charge in [-0.2, -0.15) is 0 Å². The SMILES string of the molecule is OB(O)c1ccc2nc(OC3CCCCC3)ccc2c1. The second-order valence-electron chi connectivity index (χ2n) is 5.35. The number of aromatic nitrogens is 1. The normalized spacial score (nSPS) is 16.3. The standard InChI is InChI=1S/C15H18BNO3/c18-16(19)12-7-8-14-11(10-12)6-9-15(17-14)20-13-4-2-1-3-5-13/h6-10,13,18-19H,1-5H2. The number of nitrogens with zero attached hydrogens (tertiary/aromatic N) is 1. The van der Waals surface area contributed by atoms with Crippen LogP contribution in [0.25, 0.3) is 10.9 Å². The minimum absolute atomic E-state index is 0.284. The highest BCUT2D eigenvalue weighted by Crippen LogP contribution is 2.23. The monoisotopic (exact) mass is 271 g/mol. The van der Waals surface area contributed by atoms with Gasteiger partial charge in [-0.3, -0.25) is 0 Å². The van der Waals surface area contributed by atoms with Gasteiger partial charge in [0, 0.05) is 11.5 Å². The first-order valence-electron chi connectivity index (χ1n) is 7.16. The summed E-state index contributed by atoms with van der Waals surface area (Å²) in [6, 6.07) is 8.95. The van der Waals surface area contributed by atoms with Crippen molar-refractivity contribution in [3.8, 4) is 5.88 Å². The van der Waals surface area contributed by atoms with E-state index in [1.807, 2.05) is 12.1 Å². The van der Waals surface area contributed by atoms with Crippen LogP contribution in [-0.2, 0) is 0 Å². The number of benzene rings is 1. The van der Waals surface area contributed by atoms with Crippen LogP contribution in [0.3, 0.4) is 0 Å². The molecule has 0 atom stereocenters. The molecule has 1 aliphatic carbocycles. The van der Waals surface area contributed by atoms with Gasteiger partial charge in [0.15, 0.2) is 0 Å². The summed E-state index contributed by atoms with van der Waals surface area (Å²) in [7, 11) is -1.45. The highest BCUT2D eigenvalue weighted by Gasteiger charge is 2.16. The first kappa shape index (κ1) is 13.4. The molecule has 1 aromatic heterocycles. The Morgan fingerprint density at radius 1 is 1.05 bits per heavy atom. The van der Waals surface area contributed by atoms with E-state index in [0.29, 0.717) is 11.3 Å². The van der Waals surface area contributed by atoms with Crippen LogP contribution in [0, 0.1) is 0 Å². The number of hydrogen-bond acceptors (Lipinski definition) is 4. The average Bonchev–Trinajstić information content (AvgIpc) is 2.47. The van der Waals surface area contributed by atoms with Gasteiger partial charge in [-0.25, -0.2) is 4.98 Å². The predicted octanol–water partition coefficient (Wildman–Crippen LogP) is 1.63. The molecule has 0 aliphatic heterocycles. The molecule has 0 spiro atoms. The first-order valence-corrected chi connectivity index (χ1v) is 7.16. The summed E-state index contributed by atoms with van der Waals surface area (Å²) in [4.78, 5) is 4.48. The van der Waals surface area contributed by atoms with Crippen LogP contribution in [0.15, 0.2) is 30.3 Å². The Morgan fingerprint density at radius 3 is 2.60 bits per heavy atom. The fourth-order valence-electron chi connectivity index (χ4n) is 2.71. The van der Waals surface area contributed by atoms with Gasteiger partial charge >= 0.3 is 7.12 Å². The Balaban J connectivity index is 1.81. The molecule has 4 nitrogen and oxygen atoms in total. The molecule has 2 N–H and O–H groups in total. The van der Waals surface area contributed by atoms with Gasteiger partial charge in [0.05, 0.1) is 5.52 Å². The van der Waals surface area contributed by atoms with Gasteiger partial charge in [0.25, 0.3) is 0 Å². The molecule has 0 radical (unpaired) electrons. The molecule has 3 rings (SSSR count). The van der Waals surface area contributed by atoms with Crippen LogP contribution in [-0.4, -0.2) is 28.3 Å². The second kappa shape index (κ2) is 5.81. The van der Waals surface area contributed by atoms with E-state index in [2.05, 4.69) is 4.98 Å². The third-order valence-corrected chi connectivity index (χ3v) is 3.83. The molecule has 5 heteroatoms. The van der Waals surface area contributed by atoms with Crippen LogP contribution in [0.1, 0.15) is 32.1 Å². The zero-order valence-electron chi connectivity index (χ0n) is 11.3. The third kappa shape index (κ3) is 2.94. The largest absolute Gasteiger partial charge is 0.488 e. The molecular weight excluding hydrogens is 253 g/mol. The minimum Gasteiger partial charge on any atom is -0.474 e. The van der Waals surface area contributed by atoms with Gasteiger partial charge in [-0.15, -0.1) is 0 Å². The van der Waals surface area contributed by atoms with Crippen molar-refractivity contribution < 1.29 is 14.8 Å². The van der Waals surface area contributed by atoms with Gasteiger partial charge in [-0.1, -0.05) is 18.6 Å². The molecule has 20 heavy (non-hydrogen) atoms. The molecule has 1 aromatic carbocycles. The van der Waals surface area contributed by atoms with E-state index in [-0.39, 0.29) is 6.10 Å². The van der Waals surface area contributed by atoms with E-state index in [0.717, 1.165) is 23.7 Å². The Labute approximate surface area is 118 Å². The molecule has 1 aliphatic rings. The topological polar surface area (TPSA) is 62.6 Å². The summed E-state index contributed by atoms with van der Waals surface area (Å²) >= 11 is 0. The molecule has 104 valence electrons. The van der Waals surface area contributed by atoms with Crippen molar-refractivity contribution in [1.82, 2.24) is 4.98 Å². The lowest BCUT2D eigenvalue weighted by Gasteiger charge is -2.22. The number of ether oxygens (including phenoxy) is 1. The Kier molecular flexibility index (Phi) is 3.89. The summed E-state index contributed by atoms with van der Waals surface area (Å²) in [6.07, 6.45) is 6.26. The average molecular weight is 271 g/mol. The van der Waals surface area contributed by atoms with Crippen molar-refractivity contribution in [2.75, 3.05) is 0 Å². The lowest BCUT2D eigenvalue weighted by atomic mass is 9.80. The molecule has 2 aromatic rings. The number of fused-ring (bicyclic) bond motifs is 1. The molecular formula is C15H18BNO3. The molecule has 1 fully saturated rings. The number of pyridine rings is 1. The lowest BCUT2D eigenvalue weighted by molar-refractivity contribution is 0.149. The van der Waals surface area contributed by atoms with Crippen LogP contribution in [0.2, 0.25) is 0 Å². The predicted molar refractivity (Wildman–Crippen MR) is 79.1 cm³/mol. The maximum absolute atomic E-state index is 9.16. The fourth-order valence-corrected chi connectivity index (χ4v) is 2.71. The van der Waals surface area contributed by atoms with Crippen LogP contribution < -0.4 is 10.2 Å². The summed E-state index contributed by atoms with van der Waals surface area (Å²) in [5, 5.41) is 19.2. The smallest absolute Gasteiger partial charge is 0.474 e. The molecule has 0 amide bonds. The van der Waals surface area contributed by atoms with E-state index in [1.165, 1.54) is 19.3 Å². The molecule has 1 saturated carbocycles. The van der Waals surface area contributed by atoms with E-state index in [4.69, 9.17) is 14.8 Å². The second-order valence-corrected chi connectivity index (χ2v) is 5.35. The van der Waals surface area contributed by atoms with Crippen molar-refractivity contribution in [2.45, 2.75) is 38.2 Å². The van der Waals surface area contributed by atoms with Crippen molar-refractivity contribution in [1.29, 1.82) is 0 Å². The summed E-state index contributed by atoms with van der Waals surface area (Å²) in [5.41, 5.74) is 1.28. The quantitative estimate of drug-likeness (QED) is 0.833. The molecule has 0 unspecified atom stereocenters. The Bertz CT molecular complexity index is 597. The van der Waals surface area contributed by atoms with Crippen LogP contribution in [0.4, 0.5) is 0 Å². The van der Waals surface area contributed by atoms with Gasteiger partial charge in [0.2, 0.25) is 5.88 Å². The first-order chi connectivity index (χ1) is 9.72. The summed E-state index contributed by atoms with van der Waals surface area (Å²) in [6.45, 7) is 0. The van der Waals surface area contributed by atoms with Crippen LogP contribution >= 0.6 is 0 Å². The Hall–Kier alpha value is -1.59. The van der Waals surface area contributed by atoms with E-state index >= 15 is 0 Å². The van der Waals surface area contributed by atoms with E-state index in [1.54, 1.807) is 18.2 Å². The van der Waals surface area contributed by atoms with Crippen molar-refractivity contribution in [3.05, 3.63) is 30.3 Å². The van der Waals surface area contributed by atoms with Crippen molar-refractivity contribution in [3.63, 3.8) is 0 Å². The zero-order chi connectivity index (χ0) is 13.9. The fraction of sp³-hybridized carbons (Fsp3) is 0.400. The zero-order valence-corrected chi connectivity index (χ0v) is 11.3. The van der Waals surface area contributed by atoms with E-state index in [9.17, 15) is 0 Å². The van der Waals surface area contributed by atoms with E-state index < -0.39 is 7.12 Å². The van der Waals surface area contributed by atoms with Crippen molar-refractivity contribution in [2.24, 2.45) is 0 Å². The number of hydrogen-bond donors (Lipinski definition) is 2. The minimum atomic E-state index is -1.45. The highest BCUT2D eigenvalue weighted by molar-refractivity contribution is 6.58. The maximum atomic E-state index is 9.16. The Morgan fingerprint density at radius 2 is 1.85 bits per heavy atom. The third-order valence-electron chi connectivity index (χ3n) is 3.83. The van der Waals surface area contributed by atoms with Gasteiger partial charge < -0.3 is 14.8 Å². The summed E-state index contributed by atoms with van der Waals surface area (Å²) in [5.74, 6) is 0.654. The van der Waals surface area contributed by atoms with Gasteiger partial charge in [-0.05, 0) is 43.3 Å².